The molecule has 5 aliphatic carbocycles. The molecule has 6 rings (SSSR count). The Morgan fingerprint density at radius 1 is 0.952 bits per heavy atom. The molecule has 1 atom stereocenters. The second-order valence-corrected chi connectivity index (χ2v) is 8.97. The first kappa shape index (κ1) is 13.1. The molecule has 0 aromatic heterocycles. The third-order valence-electron chi connectivity index (χ3n) is 6.80. The molecule has 21 heavy (non-hydrogen) atoms. The van der Waals surface area contributed by atoms with E-state index in [1.54, 1.807) is 17.5 Å². The Kier molecular flexibility index (Phi) is 3.02. The van der Waals surface area contributed by atoms with Crippen molar-refractivity contribution in [2.24, 2.45) is 23.7 Å². The SMILES string of the molecule is Brc1ccc2c(c1)CCC2NC1C2CC3CC(C2)CC1C3. The first-order valence-corrected chi connectivity index (χ1v) is 9.60. The summed E-state index contributed by atoms with van der Waals surface area (Å²) < 4.78 is 1.23. The van der Waals surface area contributed by atoms with Crippen LogP contribution < -0.4 is 5.32 Å². The van der Waals surface area contributed by atoms with Crippen molar-refractivity contribution < 1.29 is 0 Å². The van der Waals surface area contributed by atoms with Crippen LogP contribution in [0.2, 0.25) is 0 Å². The van der Waals surface area contributed by atoms with E-state index >= 15 is 0 Å². The summed E-state index contributed by atoms with van der Waals surface area (Å²) in [7, 11) is 0. The number of benzene rings is 1. The Morgan fingerprint density at radius 3 is 2.38 bits per heavy atom. The van der Waals surface area contributed by atoms with Crippen LogP contribution in [0.15, 0.2) is 22.7 Å². The highest BCUT2D eigenvalue weighted by molar-refractivity contribution is 9.10. The summed E-state index contributed by atoms with van der Waals surface area (Å²) in [6.45, 7) is 0. The fourth-order valence-electron chi connectivity index (χ4n) is 6.19. The molecule has 4 fully saturated rings. The van der Waals surface area contributed by atoms with Gasteiger partial charge in [0.05, 0.1) is 0 Å². The van der Waals surface area contributed by atoms with Crippen LogP contribution in [0.5, 0.6) is 0 Å². The lowest BCUT2D eigenvalue weighted by molar-refractivity contribution is -0.0177. The van der Waals surface area contributed by atoms with E-state index in [0.29, 0.717) is 6.04 Å². The molecule has 0 spiro atoms. The van der Waals surface area contributed by atoms with Crippen molar-refractivity contribution in [3.05, 3.63) is 33.8 Å². The van der Waals surface area contributed by atoms with Gasteiger partial charge >= 0.3 is 0 Å². The molecule has 1 unspecified atom stereocenters. The normalized spacial score (nSPS) is 43.3. The molecule has 0 aliphatic heterocycles. The van der Waals surface area contributed by atoms with Gasteiger partial charge in [0, 0.05) is 16.6 Å². The Hall–Kier alpha value is -0.340. The smallest absolute Gasteiger partial charge is 0.0328 e. The summed E-state index contributed by atoms with van der Waals surface area (Å²) in [6, 6.07) is 8.33. The summed E-state index contributed by atoms with van der Waals surface area (Å²) in [5, 5.41) is 4.12. The minimum Gasteiger partial charge on any atom is -0.307 e. The Morgan fingerprint density at radius 2 is 1.67 bits per heavy atom. The van der Waals surface area contributed by atoms with Gasteiger partial charge in [-0.1, -0.05) is 22.0 Å². The van der Waals surface area contributed by atoms with E-state index in [2.05, 4.69) is 39.4 Å². The van der Waals surface area contributed by atoms with Crippen LogP contribution in [0.1, 0.15) is 55.7 Å². The van der Waals surface area contributed by atoms with E-state index in [4.69, 9.17) is 0 Å². The monoisotopic (exact) mass is 345 g/mol. The Balaban J connectivity index is 1.37. The Bertz CT molecular complexity index is 539. The quantitative estimate of drug-likeness (QED) is 0.807. The van der Waals surface area contributed by atoms with Crippen molar-refractivity contribution in [2.45, 2.75) is 57.0 Å². The highest BCUT2D eigenvalue weighted by Crippen LogP contribution is 2.54. The molecular formula is C19H24BrN. The van der Waals surface area contributed by atoms with Crippen molar-refractivity contribution in [3.63, 3.8) is 0 Å². The van der Waals surface area contributed by atoms with Crippen LogP contribution in [0.3, 0.4) is 0 Å². The topological polar surface area (TPSA) is 12.0 Å². The van der Waals surface area contributed by atoms with Gasteiger partial charge in [-0.3, -0.25) is 0 Å². The number of rotatable bonds is 2. The molecule has 0 amide bonds. The van der Waals surface area contributed by atoms with Crippen molar-refractivity contribution in [3.8, 4) is 0 Å². The summed E-state index contributed by atoms with van der Waals surface area (Å²) in [6.07, 6.45) is 10.2. The van der Waals surface area contributed by atoms with Crippen LogP contribution in [0.25, 0.3) is 0 Å². The summed E-state index contributed by atoms with van der Waals surface area (Å²) in [5.74, 6) is 4.14. The molecule has 2 heteroatoms. The van der Waals surface area contributed by atoms with E-state index in [0.717, 1.165) is 29.7 Å². The maximum atomic E-state index is 4.12. The first-order chi connectivity index (χ1) is 10.3. The molecule has 4 saturated carbocycles. The summed E-state index contributed by atoms with van der Waals surface area (Å²) in [4.78, 5) is 0. The van der Waals surface area contributed by atoms with E-state index in [1.165, 1.54) is 43.0 Å². The largest absolute Gasteiger partial charge is 0.307 e. The van der Waals surface area contributed by atoms with Crippen LogP contribution >= 0.6 is 15.9 Å². The maximum Gasteiger partial charge on any atom is 0.0328 e. The zero-order valence-electron chi connectivity index (χ0n) is 12.5. The highest BCUT2D eigenvalue weighted by Gasteiger charge is 2.48. The molecule has 112 valence electrons. The lowest BCUT2D eigenvalue weighted by Crippen LogP contribution is -2.55. The lowest BCUT2D eigenvalue weighted by atomic mass is 9.54. The number of hydrogen-bond acceptors (Lipinski definition) is 1. The first-order valence-electron chi connectivity index (χ1n) is 8.80. The van der Waals surface area contributed by atoms with Gasteiger partial charge in [-0.2, -0.15) is 0 Å². The van der Waals surface area contributed by atoms with Gasteiger partial charge in [0.15, 0.2) is 0 Å². The molecule has 0 saturated heterocycles. The molecule has 1 aromatic rings. The summed E-state index contributed by atoms with van der Waals surface area (Å²) >= 11 is 3.61. The predicted octanol–water partition coefficient (Wildman–Crippen LogP) is 4.85. The molecule has 5 aliphatic rings. The fourth-order valence-corrected chi connectivity index (χ4v) is 6.60. The van der Waals surface area contributed by atoms with E-state index in [1.807, 2.05) is 0 Å². The predicted molar refractivity (Wildman–Crippen MR) is 89.2 cm³/mol. The molecule has 1 nitrogen and oxygen atoms in total. The molecule has 1 N–H and O–H groups in total. The van der Waals surface area contributed by atoms with Gasteiger partial charge in [0.25, 0.3) is 0 Å². The molecular weight excluding hydrogens is 322 g/mol. The fraction of sp³-hybridized carbons (Fsp3) is 0.684. The molecule has 0 heterocycles. The number of hydrogen-bond donors (Lipinski definition) is 1. The van der Waals surface area contributed by atoms with Gasteiger partial charge in [-0.25, -0.2) is 0 Å². The average Bonchev–Trinajstić information content (AvgIpc) is 2.84. The number of aryl methyl sites for hydroxylation is 1. The van der Waals surface area contributed by atoms with Crippen LogP contribution in [0.4, 0.5) is 0 Å². The van der Waals surface area contributed by atoms with Gasteiger partial charge in [-0.05, 0) is 91.9 Å². The zero-order valence-corrected chi connectivity index (χ0v) is 14.1. The average molecular weight is 346 g/mol. The van der Waals surface area contributed by atoms with Crippen molar-refractivity contribution >= 4 is 15.9 Å². The standard InChI is InChI=1S/C19H24BrN/c20-16-2-3-17-13(10-16)1-4-18(17)21-19-14-6-11-5-12(8-14)9-15(19)7-11/h2-3,10-12,14-15,18-19,21H,1,4-9H2. The molecule has 1 aromatic carbocycles. The van der Waals surface area contributed by atoms with Gasteiger partial charge < -0.3 is 5.32 Å². The third-order valence-corrected chi connectivity index (χ3v) is 7.30. The third kappa shape index (κ3) is 2.13. The Labute approximate surface area is 136 Å². The second kappa shape index (κ2) is 4.83. The minimum absolute atomic E-state index is 0.621. The second-order valence-electron chi connectivity index (χ2n) is 8.06. The van der Waals surface area contributed by atoms with Crippen molar-refractivity contribution in [1.29, 1.82) is 0 Å². The molecule has 0 radical (unpaired) electrons. The summed E-state index contributed by atoms with van der Waals surface area (Å²) in [5.41, 5.74) is 3.14. The maximum absolute atomic E-state index is 4.12. The molecule has 4 bridgehead atoms. The number of halogens is 1. The van der Waals surface area contributed by atoms with E-state index in [-0.39, 0.29) is 0 Å². The van der Waals surface area contributed by atoms with Crippen molar-refractivity contribution in [2.75, 3.05) is 0 Å². The van der Waals surface area contributed by atoms with E-state index < -0.39 is 0 Å². The van der Waals surface area contributed by atoms with Crippen molar-refractivity contribution in [1.82, 2.24) is 5.32 Å². The number of nitrogens with one attached hydrogen (secondary N) is 1. The highest BCUT2D eigenvalue weighted by atomic mass is 79.9. The lowest BCUT2D eigenvalue weighted by Gasteiger charge is -2.55. The van der Waals surface area contributed by atoms with Gasteiger partial charge in [0.2, 0.25) is 0 Å². The number of fused-ring (bicyclic) bond motifs is 1. The van der Waals surface area contributed by atoms with Crippen LogP contribution in [-0.2, 0) is 6.42 Å². The zero-order chi connectivity index (χ0) is 14.0. The van der Waals surface area contributed by atoms with E-state index in [9.17, 15) is 0 Å². The van der Waals surface area contributed by atoms with Crippen LogP contribution in [0, 0.1) is 23.7 Å². The van der Waals surface area contributed by atoms with Gasteiger partial charge in [-0.15, -0.1) is 0 Å². The van der Waals surface area contributed by atoms with Crippen LogP contribution in [-0.4, -0.2) is 6.04 Å². The minimum atomic E-state index is 0.621. The van der Waals surface area contributed by atoms with Gasteiger partial charge in [0.1, 0.15) is 0 Å².